The molecular formula is C26H31NO3S. The first-order valence-electron chi connectivity index (χ1n) is 10.4. The fourth-order valence-corrected chi connectivity index (χ4v) is 4.93. The molecule has 5 heteroatoms. The zero-order chi connectivity index (χ0) is 21.0. The molecular weight excluding hydrogens is 406 g/mol. The predicted molar refractivity (Wildman–Crippen MR) is 127 cm³/mol. The minimum absolute atomic E-state index is 0. The number of aliphatic hydroxyl groups is 1. The van der Waals surface area contributed by atoms with Crippen molar-refractivity contribution in [3.8, 4) is 10.4 Å². The van der Waals surface area contributed by atoms with Crippen LogP contribution in [0.1, 0.15) is 50.8 Å². The summed E-state index contributed by atoms with van der Waals surface area (Å²) in [6.45, 7) is 2.75. The molecule has 4 rings (SSSR count). The number of nitrogens with zero attached hydrogens (tertiary/aromatic N) is 1. The molecule has 1 N–H and O–H groups in total. The SMILES string of the molecule is C.C[C@@H](c1ccc(-c2cccs2)cc1)N1CC[C@](CCCO)(c2ccccc2)OC1=O. The van der Waals surface area contributed by atoms with Gasteiger partial charge in [0.25, 0.3) is 0 Å². The molecule has 1 aliphatic heterocycles. The molecule has 2 aromatic carbocycles. The van der Waals surface area contributed by atoms with Crippen molar-refractivity contribution in [1.82, 2.24) is 4.90 Å². The number of hydrogen-bond acceptors (Lipinski definition) is 4. The van der Waals surface area contributed by atoms with E-state index < -0.39 is 5.60 Å². The molecule has 0 spiro atoms. The highest BCUT2D eigenvalue weighted by Gasteiger charge is 2.43. The monoisotopic (exact) mass is 437 g/mol. The number of carbonyl (C=O) groups is 1. The number of hydrogen-bond donors (Lipinski definition) is 1. The fraction of sp³-hybridized carbons (Fsp3) is 0.346. The maximum atomic E-state index is 13.1. The van der Waals surface area contributed by atoms with Crippen molar-refractivity contribution < 1.29 is 14.6 Å². The van der Waals surface area contributed by atoms with Crippen molar-refractivity contribution in [3.63, 3.8) is 0 Å². The van der Waals surface area contributed by atoms with E-state index in [0.717, 1.165) is 11.1 Å². The van der Waals surface area contributed by atoms with E-state index >= 15 is 0 Å². The Balaban J connectivity index is 0.00000272. The summed E-state index contributed by atoms with van der Waals surface area (Å²) in [6.07, 6.45) is 1.64. The molecule has 0 saturated carbocycles. The van der Waals surface area contributed by atoms with E-state index in [1.807, 2.05) is 37.3 Å². The molecule has 1 aromatic heterocycles. The molecule has 3 aromatic rings. The van der Waals surface area contributed by atoms with E-state index in [4.69, 9.17) is 4.74 Å². The van der Waals surface area contributed by atoms with Crippen LogP contribution < -0.4 is 0 Å². The van der Waals surface area contributed by atoms with Crippen LogP contribution in [0, 0.1) is 0 Å². The van der Waals surface area contributed by atoms with Crippen molar-refractivity contribution in [2.75, 3.05) is 13.2 Å². The van der Waals surface area contributed by atoms with E-state index in [2.05, 4.69) is 41.8 Å². The molecule has 0 radical (unpaired) electrons. The second-order valence-corrected chi connectivity index (χ2v) is 8.72. The Morgan fingerprint density at radius 3 is 2.45 bits per heavy atom. The van der Waals surface area contributed by atoms with Gasteiger partial charge in [0.15, 0.2) is 0 Å². The molecule has 31 heavy (non-hydrogen) atoms. The maximum absolute atomic E-state index is 13.1. The van der Waals surface area contributed by atoms with Gasteiger partial charge in [0.05, 0.1) is 6.04 Å². The van der Waals surface area contributed by atoms with Gasteiger partial charge >= 0.3 is 6.09 Å². The minimum Gasteiger partial charge on any atom is -0.438 e. The fourth-order valence-electron chi connectivity index (χ4n) is 4.20. The summed E-state index contributed by atoms with van der Waals surface area (Å²) in [5, 5.41) is 11.4. The summed E-state index contributed by atoms with van der Waals surface area (Å²) in [7, 11) is 0. The van der Waals surface area contributed by atoms with Gasteiger partial charge in [-0.2, -0.15) is 0 Å². The lowest BCUT2D eigenvalue weighted by molar-refractivity contribution is -0.0680. The van der Waals surface area contributed by atoms with Gasteiger partial charge in [0.1, 0.15) is 5.60 Å². The van der Waals surface area contributed by atoms with Crippen LogP contribution in [0.15, 0.2) is 72.1 Å². The van der Waals surface area contributed by atoms with Crippen LogP contribution in [-0.2, 0) is 10.3 Å². The second-order valence-electron chi connectivity index (χ2n) is 7.77. The molecule has 0 unspecified atom stereocenters. The third kappa shape index (κ3) is 4.83. The lowest BCUT2D eigenvalue weighted by atomic mass is 9.84. The van der Waals surface area contributed by atoms with Crippen LogP contribution in [-0.4, -0.2) is 29.3 Å². The highest BCUT2D eigenvalue weighted by molar-refractivity contribution is 7.13. The van der Waals surface area contributed by atoms with E-state index in [0.29, 0.717) is 25.8 Å². The van der Waals surface area contributed by atoms with Crippen LogP contribution in [0.4, 0.5) is 4.79 Å². The van der Waals surface area contributed by atoms with Crippen LogP contribution in [0.25, 0.3) is 10.4 Å². The molecule has 164 valence electrons. The van der Waals surface area contributed by atoms with Crippen molar-refractivity contribution in [2.24, 2.45) is 0 Å². The van der Waals surface area contributed by atoms with Gasteiger partial charge in [-0.15, -0.1) is 11.3 Å². The molecule has 0 aliphatic carbocycles. The molecule has 0 bridgehead atoms. The summed E-state index contributed by atoms with van der Waals surface area (Å²) in [5.74, 6) is 0. The van der Waals surface area contributed by atoms with E-state index in [9.17, 15) is 9.90 Å². The third-order valence-electron chi connectivity index (χ3n) is 5.98. The highest BCUT2D eigenvalue weighted by Crippen LogP contribution is 2.40. The van der Waals surface area contributed by atoms with E-state index in [1.165, 1.54) is 10.4 Å². The van der Waals surface area contributed by atoms with Crippen LogP contribution in [0.3, 0.4) is 0 Å². The van der Waals surface area contributed by atoms with Crippen molar-refractivity contribution >= 4 is 17.4 Å². The van der Waals surface area contributed by atoms with Crippen molar-refractivity contribution in [2.45, 2.75) is 45.3 Å². The average Bonchev–Trinajstić information content (AvgIpc) is 3.33. The van der Waals surface area contributed by atoms with Crippen molar-refractivity contribution in [1.29, 1.82) is 0 Å². The van der Waals surface area contributed by atoms with Crippen LogP contribution in [0.2, 0.25) is 0 Å². The summed E-state index contributed by atoms with van der Waals surface area (Å²) in [6, 6.07) is 22.4. The predicted octanol–water partition coefficient (Wildman–Crippen LogP) is 6.62. The number of aliphatic hydroxyl groups excluding tert-OH is 1. The van der Waals surface area contributed by atoms with Crippen molar-refractivity contribution in [3.05, 3.63) is 83.2 Å². The quantitative estimate of drug-likeness (QED) is 0.452. The van der Waals surface area contributed by atoms with Gasteiger partial charge < -0.3 is 14.7 Å². The number of rotatable bonds is 7. The van der Waals surface area contributed by atoms with E-state index in [1.54, 1.807) is 16.2 Å². The number of benzene rings is 2. The maximum Gasteiger partial charge on any atom is 0.411 e. The van der Waals surface area contributed by atoms with Crippen LogP contribution in [0.5, 0.6) is 0 Å². The Morgan fingerprint density at radius 1 is 1.10 bits per heavy atom. The summed E-state index contributed by atoms with van der Waals surface area (Å²) >= 11 is 1.72. The normalized spacial score (nSPS) is 19.4. The molecule has 1 aliphatic rings. The first kappa shape index (κ1) is 23.0. The average molecular weight is 438 g/mol. The Bertz CT molecular complexity index is 956. The van der Waals surface area contributed by atoms with Gasteiger partial charge in [-0.1, -0.05) is 68.1 Å². The Kier molecular flexibility index (Phi) is 7.52. The molecule has 1 saturated heterocycles. The topological polar surface area (TPSA) is 49.8 Å². The first-order valence-corrected chi connectivity index (χ1v) is 11.3. The van der Waals surface area contributed by atoms with Crippen LogP contribution >= 0.6 is 11.3 Å². The zero-order valence-electron chi connectivity index (χ0n) is 17.2. The molecule has 2 atom stereocenters. The number of amides is 1. The summed E-state index contributed by atoms with van der Waals surface area (Å²) in [5.41, 5.74) is 2.61. The minimum atomic E-state index is -0.666. The Morgan fingerprint density at radius 2 is 1.84 bits per heavy atom. The molecule has 1 amide bonds. The Hall–Kier alpha value is -2.63. The van der Waals surface area contributed by atoms with Gasteiger partial charge in [0.2, 0.25) is 0 Å². The number of ether oxygens (including phenoxy) is 1. The number of carbonyl (C=O) groups excluding carboxylic acids is 1. The first-order chi connectivity index (χ1) is 14.6. The third-order valence-corrected chi connectivity index (χ3v) is 6.90. The summed E-state index contributed by atoms with van der Waals surface area (Å²) in [4.78, 5) is 16.1. The number of cyclic esters (lactones) is 1. The number of thiophene rings is 1. The van der Waals surface area contributed by atoms with Gasteiger partial charge in [-0.3, -0.25) is 0 Å². The van der Waals surface area contributed by atoms with Gasteiger partial charge in [-0.05, 0) is 47.9 Å². The van der Waals surface area contributed by atoms with Gasteiger partial charge in [-0.25, -0.2) is 4.79 Å². The lowest BCUT2D eigenvalue weighted by Gasteiger charge is -2.43. The second kappa shape index (κ2) is 10.1. The smallest absolute Gasteiger partial charge is 0.411 e. The molecule has 1 fully saturated rings. The largest absolute Gasteiger partial charge is 0.438 e. The molecule has 4 nitrogen and oxygen atoms in total. The summed E-state index contributed by atoms with van der Waals surface area (Å²) < 4.78 is 6.08. The Labute approximate surface area is 189 Å². The lowest BCUT2D eigenvalue weighted by Crippen LogP contribution is -2.48. The standard InChI is InChI=1S/C25H27NO3S.CH4/c1-19(20-10-12-21(13-11-20)23-9-5-18-30-23)26-16-15-25(14-6-17-27,29-24(26)28)22-7-3-2-4-8-22;/h2-5,7-13,18-19,27H,6,14-17H2,1H3;1H4/t19-,25+;/m0./s1. The van der Waals surface area contributed by atoms with Gasteiger partial charge in [0, 0.05) is 24.4 Å². The van der Waals surface area contributed by atoms with E-state index in [-0.39, 0.29) is 26.2 Å². The zero-order valence-corrected chi connectivity index (χ0v) is 18.0. The molecule has 2 heterocycles. The highest BCUT2D eigenvalue weighted by atomic mass is 32.1.